The molecule has 21 heavy (non-hydrogen) atoms. The zero-order valence-electron chi connectivity index (χ0n) is 11.4. The number of benzene rings is 1. The van der Waals surface area contributed by atoms with Gasteiger partial charge in [0.25, 0.3) is 5.95 Å². The molecule has 2 aromatic heterocycles. The first kappa shape index (κ1) is 13.0. The largest absolute Gasteiger partial charge is 0.324 e. The summed E-state index contributed by atoms with van der Waals surface area (Å²) >= 11 is 0. The van der Waals surface area contributed by atoms with E-state index in [4.69, 9.17) is 5.84 Å². The Morgan fingerprint density at radius 2 is 1.86 bits per heavy atom. The lowest BCUT2D eigenvalue weighted by atomic mass is 10.2. The SMILES string of the molecule is Cc1ccccc1Nc1nc(NN)nc(-n2cccn2)n1. The Bertz CT molecular complexity index is 738. The average Bonchev–Trinajstić information content (AvgIpc) is 3.04. The van der Waals surface area contributed by atoms with Crippen molar-refractivity contribution in [2.24, 2.45) is 5.84 Å². The number of para-hydroxylation sites is 1. The van der Waals surface area contributed by atoms with Crippen LogP contribution in [-0.4, -0.2) is 24.7 Å². The molecule has 3 rings (SSSR count). The maximum Gasteiger partial charge on any atom is 0.257 e. The molecule has 0 unspecified atom stereocenters. The fourth-order valence-corrected chi connectivity index (χ4v) is 1.81. The number of hydrogen-bond donors (Lipinski definition) is 3. The van der Waals surface area contributed by atoms with Crippen LogP contribution in [0.2, 0.25) is 0 Å². The number of nitrogens with one attached hydrogen (secondary N) is 2. The summed E-state index contributed by atoms with van der Waals surface area (Å²) in [5.41, 5.74) is 4.43. The van der Waals surface area contributed by atoms with Crippen LogP contribution < -0.4 is 16.6 Å². The highest BCUT2D eigenvalue weighted by molar-refractivity contribution is 5.58. The molecule has 0 amide bonds. The highest BCUT2D eigenvalue weighted by Crippen LogP contribution is 2.18. The molecule has 0 aliphatic rings. The van der Waals surface area contributed by atoms with Crippen LogP contribution in [0.25, 0.3) is 5.95 Å². The molecular weight excluding hydrogens is 268 g/mol. The third-order valence-corrected chi connectivity index (χ3v) is 2.85. The summed E-state index contributed by atoms with van der Waals surface area (Å²) in [4.78, 5) is 12.7. The number of anilines is 3. The third kappa shape index (κ3) is 2.79. The molecule has 8 nitrogen and oxygen atoms in total. The van der Waals surface area contributed by atoms with E-state index in [9.17, 15) is 0 Å². The molecule has 2 heterocycles. The molecule has 0 spiro atoms. The summed E-state index contributed by atoms with van der Waals surface area (Å²) in [7, 11) is 0. The van der Waals surface area contributed by atoms with Crippen LogP contribution in [0.3, 0.4) is 0 Å². The van der Waals surface area contributed by atoms with E-state index >= 15 is 0 Å². The molecule has 1 aromatic carbocycles. The molecule has 3 aromatic rings. The second-order valence-corrected chi connectivity index (χ2v) is 4.32. The van der Waals surface area contributed by atoms with Crippen LogP contribution in [0.5, 0.6) is 0 Å². The van der Waals surface area contributed by atoms with E-state index in [1.165, 1.54) is 4.68 Å². The fraction of sp³-hybridized carbons (Fsp3) is 0.0769. The van der Waals surface area contributed by atoms with Crippen molar-refractivity contribution >= 4 is 17.6 Å². The zero-order chi connectivity index (χ0) is 14.7. The Morgan fingerprint density at radius 1 is 1.05 bits per heavy atom. The van der Waals surface area contributed by atoms with Crippen molar-refractivity contribution in [1.82, 2.24) is 24.7 Å². The van der Waals surface area contributed by atoms with Gasteiger partial charge in [-0.1, -0.05) is 18.2 Å². The standard InChI is InChI=1S/C13H14N8/c1-9-5-2-3-6-10(9)16-11-17-12(20-14)19-13(18-11)21-8-4-7-15-21/h2-8H,14H2,1H3,(H2,16,17,18,19,20). The quantitative estimate of drug-likeness (QED) is 0.490. The summed E-state index contributed by atoms with van der Waals surface area (Å²) in [5, 5.41) is 7.25. The molecule has 106 valence electrons. The molecule has 0 aliphatic carbocycles. The number of nitrogen functional groups attached to an aromatic ring is 1. The Labute approximate surface area is 121 Å². The van der Waals surface area contributed by atoms with Crippen molar-refractivity contribution < 1.29 is 0 Å². The second-order valence-electron chi connectivity index (χ2n) is 4.32. The van der Waals surface area contributed by atoms with Gasteiger partial charge in [0.15, 0.2) is 0 Å². The van der Waals surface area contributed by atoms with E-state index in [0.29, 0.717) is 11.9 Å². The molecule has 0 radical (unpaired) electrons. The van der Waals surface area contributed by atoms with Gasteiger partial charge in [-0.15, -0.1) is 0 Å². The number of aryl methyl sites for hydroxylation is 1. The monoisotopic (exact) mass is 282 g/mol. The molecule has 8 heteroatoms. The van der Waals surface area contributed by atoms with Crippen molar-refractivity contribution in [3.05, 3.63) is 48.3 Å². The van der Waals surface area contributed by atoms with Crippen LogP contribution >= 0.6 is 0 Å². The maximum atomic E-state index is 5.40. The van der Waals surface area contributed by atoms with E-state index in [0.717, 1.165) is 11.3 Å². The molecule has 0 aliphatic heterocycles. The van der Waals surface area contributed by atoms with Gasteiger partial charge >= 0.3 is 0 Å². The zero-order valence-corrected chi connectivity index (χ0v) is 11.4. The van der Waals surface area contributed by atoms with E-state index in [1.54, 1.807) is 18.5 Å². The van der Waals surface area contributed by atoms with Gasteiger partial charge in [-0.3, -0.25) is 5.43 Å². The van der Waals surface area contributed by atoms with Gasteiger partial charge in [0.2, 0.25) is 11.9 Å². The number of aromatic nitrogens is 5. The Kier molecular flexibility index (Phi) is 3.44. The highest BCUT2D eigenvalue weighted by Gasteiger charge is 2.08. The predicted octanol–water partition coefficient (Wildman–Crippen LogP) is 1.39. The van der Waals surface area contributed by atoms with E-state index in [1.807, 2.05) is 31.2 Å². The Hall–Kier alpha value is -3.00. The highest BCUT2D eigenvalue weighted by atomic mass is 15.4. The van der Waals surface area contributed by atoms with Crippen LogP contribution in [0.4, 0.5) is 17.6 Å². The first-order chi connectivity index (χ1) is 10.3. The van der Waals surface area contributed by atoms with Gasteiger partial charge in [0.05, 0.1) is 0 Å². The van der Waals surface area contributed by atoms with Gasteiger partial charge < -0.3 is 5.32 Å². The first-order valence-corrected chi connectivity index (χ1v) is 6.31. The van der Waals surface area contributed by atoms with Crippen LogP contribution in [-0.2, 0) is 0 Å². The van der Waals surface area contributed by atoms with Crippen molar-refractivity contribution in [3.63, 3.8) is 0 Å². The molecule has 0 atom stereocenters. The molecule has 0 saturated heterocycles. The summed E-state index contributed by atoms with van der Waals surface area (Å²) in [6.45, 7) is 2.00. The van der Waals surface area contributed by atoms with Gasteiger partial charge in [0, 0.05) is 18.1 Å². The van der Waals surface area contributed by atoms with E-state index in [2.05, 4.69) is 30.8 Å². The maximum absolute atomic E-state index is 5.40. The summed E-state index contributed by atoms with van der Waals surface area (Å²) < 4.78 is 1.53. The van der Waals surface area contributed by atoms with Crippen LogP contribution in [0.15, 0.2) is 42.7 Å². The van der Waals surface area contributed by atoms with Crippen LogP contribution in [0, 0.1) is 6.92 Å². The lowest BCUT2D eigenvalue weighted by Gasteiger charge is -2.10. The fourth-order valence-electron chi connectivity index (χ4n) is 1.81. The minimum atomic E-state index is 0.256. The number of hydrazine groups is 1. The third-order valence-electron chi connectivity index (χ3n) is 2.85. The lowest BCUT2D eigenvalue weighted by Crippen LogP contribution is -2.15. The normalized spacial score (nSPS) is 10.4. The predicted molar refractivity (Wildman–Crippen MR) is 79.2 cm³/mol. The number of hydrogen-bond acceptors (Lipinski definition) is 7. The molecule has 4 N–H and O–H groups in total. The summed E-state index contributed by atoms with van der Waals surface area (Å²) in [5.74, 6) is 6.42. The lowest BCUT2D eigenvalue weighted by molar-refractivity contribution is 0.799. The van der Waals surface area contributed by atoms with Crippen molar-refractivity contribution in [1.29, 1.82) is 0 Å². The minimum Gasteiger partial charge on any atom is -0.324 e. The van der Waals surface area contributed by atoms with Crippen LogP contribution in [0.1, 0.15) is 5.56 Å². The van der Waals surface area contributed by atoms with Gasteiger partial charge in [-0.05, 0) is 24.6 Å². The number of rotatable bonds is 4. The van der Waals surface area contributed by atoms with Gasteiger partial charge in [-0.2, -0.15) is 20.1 Å². The second kappa shape index (κ2) is 5.55. The molecular formula is C13H14N8. The molecule has 0 fully saturated rings. The minimum absolute atomic E-state index is 0.256. The van der Waals surface area contributed by atoms with Crippen molar-refractivity contribution in [2.75, 3.05) is 10.7 Å². The van der Waals surface area contributed by atoms with Gasteiger partial charge in [-0.25, -0.2) is 10.5 Å². The number of nitrogens with zero attached hydrogens (tertiary/aromatic N) is 5. The topological polar surface area (TPSA) is 107 Å². The summed E-state index contributed by atoms with van der Waals surface area (Å²) in [6.07, 6.45) is 3.39. The Morgan fingerprint density at radius 3 is 2.57 bits per heavy atom. The van der Waals surface area contributed by atoms with Gasteiger partial charge in [0.1, 0.15) is 0 Å². The van der Waals surface area contributed by atoms with Crippen molar-refractivity contribution in [3.8, 4) is 5.95 Å². The smallest absolute Gasteiger partial charge is 0.257 e. The van der Waals surface area contributed by atoms with E-state index < -0.39 is 0 Å². The van der Waals surface area contributed by atoms with E-state index in [-0.39, 0.29) is 5.95 Å². The summed E-state index contributed by atoms with van der Waals surface area (Å²) in [6, 6.07) is 9.64. The molecule has 0 saturated carbocycles. The van der Waals surface area contributed by atoms with Crippen molar-refractivity contribution in [2.45, 2.75) is 6.92 Å². The molecule has 0 bridgehead atoms. The average molecular weight is 282 g/mol. The Balaban J connectivity index is 1.99. The first-order valence-electron chi connectivity index (χ1n) is 6.31. The number of nitrogens with two attached hydrogens (primary N) is 1.